The van der Waals surface area contributed by atoms with Crippen LogP contribution in [0.2, 0.25) is 5.02 Å². The van der Waals surface area contributed by atoms with Crippen molar-refractivity contribution >= 4 is 29.0 Å². The van der Waals surface area contributed by atoms with E-state index in [0.29, 0.717) is 35.2 Å². The molecule has 1 amide bonds. The minimum atomic E-state index is -1.08. The van der Waals surface area contributed by atoms with Crippen molar-refractivity contribution in [1.82, 2.24) is 9.47 Å². The lowest BCUT2D eigenvalue weighted by Gasteiger charge is -2.37. The summed E-state index contributed by atoms with van der Waals surface area (Å²) in [5, 5.41) is 11.2. The second kappa shape index (κ2) is 8.02. The molecule has 1 unspecified atom stereocenters. The first-order valence-electron chi connectivity index (χ1n) is 10.1. The standard InChI is InChI=1S/C21H28ClN5O3/c1-24-16-17(20(28)25(2)21(24)29)27(11-13-7-4-5-9-15(13)22)19(18(16)30-3)26-10-6-8-14(23)12-26/h4-5,7,9,14,21,29H,6,8,10-12,23H2,1-3H3/t14-,21?/m1/s1. The van der Waals surface area contributed by atoms with E-state index in [4.69, 9.17) is 22.1 Å². The molecule has 0 spiro atoms. The van der Waals surface area contributed by atoms with E-state index in [2.05, 4.69) is 4.90 Å². The Labute approximate surface area is 181 Å². The van der Waals surface area contributed by atoms with Crippen LogP contribution in [0.1, 0.15) is 28.9 Å². The third-order valence-corrected chi connectivity index (χ3v) is 6.35. The Balaban J connectivity index is 1.95. The first-order valence-corrected chi connectivity index (χ1v) is 10.4. The summed E-state index contributed by atoms with van der Waals surface area (Å²) in [5.74, 6) is 1.09. The molecule has 30 heavy (non-hydrogen) atoms. The lowest BCUT2D eigenvalue weighted by Crippen LogP contribution is -2.52. The van der Waals surface area contributed by atoms with E-state index in [1.165, 1.54) is 4.90 Å². The molecule has 1 aromatic heterocycles. The zero-order valence-corrected chi connectivity index (χ0v) is 18.3. The van der Waals surface area contributed by atoms with Crippen molar-refractivity contribution in [2.75, 3.05) is 44.1 Å². The predicted octanol–water partition coefficient (Wildman–Crippen LogP) is 1.92. The third kappa shape index (κ3) is 3.29. The number of hydrogen-bond donors (Lipinski definition) is 2. The van der Waals surface area contributed by atoms with E-state index in [-0.39, 0.29) is 11.9 Å². The molecular formula is C21H28ClN5O3. The summed E-state index contributed by atoms with van der Waals surface area (Å²) in [5.41, 5.74) is 8.20. The zero-order valence-electron chi connectivity index (χ0n) is 17.5. The fourth-order valence-electron chi connectivity index (χ4n) is 4.42. The highest BCUT2D eigenvalue weighted by Gasteiger charge is 2.42. The molecule has 9 heteroatoms. The van der Waals surface area contributed by atoms with Crippen LogP contribution < -0.4 is 20.3 Å². The molecule has 8 nitrogen and oxygen atoms in total. The number of fused-ring (bicyclic) bond motifs is 1. The van der Waals surface area contributed by atoms with E-state index in [9.17, 15) is 9.90 Å². The molecular weight excluding hydrogens is 406 g/mol. The lowest BCUT2D eigenvalue weighted by molar-refractivity contribution is 0.0154. The molecule has 2 aliphatic rings. The number of aliphatic hydroxyl groups is 1. The van der Waals surface area contributed by atoms with Crippen LogP contribution >= 0.6 is 11.6 Å². The number of rotatable bonds is 4. The maximum Gasteiger partial charge on any atom is 0.276 e. The minimum absolute atomic E-state index is 0.0471. The third-order valence-electron chi connectivity index (χ3n) is 5.98. The van der Waals surface area contributed by atoms with Crippen LogP contribution in [0.5, 0.6) is 5.75 Å². The quantitative estimate of drug-likeness (QED) is 0.766. The molecule has 0 saturated carbocycles. The smallest absolute Gasteiger partial charge is 0.276 e. The van der Waals surface area contributed by atoms with Gasteiger partial charge in [0.25, 0.3) is 5.91 Å². The van der Waals surface area contributed by atoms with Crippen molar-refractivity contribution in [3.63, 3.8) is 0 Å². The van der Waals surface area contributed by atoms with Gasteiger partial charge < -0.3 is 29.9 Å². The van der Waals surface area contributed by atoms with Crippen LogP contribution in [0, 0.1) is 0 Å². The number of carbonyl (C=O) groups is 1. The molecule has 0 aliphatic carbocycles. The lowest BCUT2D eigenvalue weighted by atomic mass is 10.1. The highest BCUT2D eigenvalue weighted by Crippen LogP contribution is 2.47. The molecule has 2 aromatic rings. The van der Waals surface area contributed by atoms with Crippen molar-refractivity contribution in [2.45, 2.75) is 31.8 Å². The summed E-state index contributed by atoms with van der Waals surface area (Å²) in [6, 6.07) is 7.64. The number of nitrogens with two attached hydrogens (primary N) is 1. The van der Waals surface area contributed by atoms with Crippen LogP contribution in [0.25, 0.3) is 0 Å². The van der Waals surface area contributed by atoms with Gasteiger partial charge >= 0.3 is 0 Å². The number of aliphatic hydroxyl groups excluding tert-OH is 1. The summed E-state index contributed by atoms with van der Waals surface area (Å²) >= 11 is 6.45. The van der Waals surface area contributed by atoms with Gasteiger partial charge in [-0.15, -0.1) is 0 Å². The summed E-state index contributed by atoms with van der Waals surface area (Å²) in [7, 11) is 4.93. The van der Waals surface area contributed by atoms with Gasteiger partial charge in [0.05, 0.1) is 13.7 Å². The molecule has 3 N–H and O–H groups in total. The summed E-state index contributed by atoms with van der Waals surface area (Å²) in [6.07, 6.45) is 0.842. The van der Waals surface area contributed by atoms with Gasteiger partial charge in [-0.2, -0.15) is 0 Å². The number of halogens is 1. The van der Waals surface area contributed by atoms with E-state index >= 15 is 0 Å². The van der Waals surface area contributed by atoms with Gasteiger partial charge in [-0.1, -0.05) is 29.8 Å². The Morgan fingerprint density at radius 3 is 2.67 bits per heavy atom. The fourth-order valence-corrected chi connectivity index (χ4v) is 4.61. The first kappa shape index (κ1) is 20.8. The number of benzene rings is 1. The zero-order chi connectivity index (χ0) is 21.6. The Hall–Kier alpha value is -2.42. The number of anilines is 2. The molecule has 1 fully saturated rings. The van der Waals surface area contributed by atoms with Gasteiger partial charge in [0, 0.05) is 38.2 Å². The Morgan fingerprint density at radius 1 is 1.27 bits per heavy atom. The number of piperidine rings is 1. The Kier molecular flexibility index (Phi) is 5.57. The van der Waals surface area contributed by atoms with E-state index in [0.717, 1.165) is 30.8 Å². The maximum absolute atomic E-state index is 13.3. The largest absolute Gasteiger partial charge is 0.491 e. The van der Waals surface area contributed by atoms with E-state index in [1.807, 2.05) is 28.8 Å². The monoisotopic (exact) mass is 433 g/mol. The molecule has 1 aromatic carbocycles. The minimum Gasteiger partial charge on any atom is -0.491 e. The molecule has 4 rings (SSSR count). The Morgan fingerprint density at radius 2 is 2.00 bits per heavy atom. The summed E-state index contributed by atoms with van der Waals surface area (Å²) in [6.45, 7) is 1.87. The highest BCUT2D eigenvalue weighted by atomic mass is 35.5. The molecule has 0 bridgehead atoms. The van der Waals surface area contributed by atoms with E-state index < -0.39 is 6.35 Å². The van der Waals surface area contributed by atoms with E-state index in [1.54, 1.807) is 26.1 Å². The van der Waals surface area contributed by atoms with Crippen molar-refractivity contribution in [3.05, 3.63) is 40.5 Å². The van der Waals surface area contributed by atoms with Gasteiger partial charge in [-0.05, 0) is 24.5 Å². The fraction of sp³-hybridized carbons (Fsp3) is 0.476. The summed E-state index contributed by atoms with van der Waals surface area (Å²) in [4.78, 5) is 18.4. The number of hydrogen-bond acceptors (Lipinski definition) is 6. The van der Waals surface area contributed by atoms with Crippen LogP contribution in [0.4, 0.5) is 11.5 Å². The average Bonchev–Trinajstić information content (AvgIpc) is 3.06. The van der Waals surface area contributed by atoms with Crippen LogP contribution in [0.3, 0.4) is 0 Å². The molecule has 2 aliphatic heterocycles. The molecule has 1 saturated heterocycles. The van der Waals surface area contributed by atoms with Crippen molar-refractivity contribution in [2.24, 2.45) is 5.73 Å². The van der Waals surface area contributed by atoms with Crippen molar-refractivity contribution < 1.29 is 14.6 Å². The number of ether oxygens (including phenoxy) is 1. The second-order valence-corrected chi connectivity index (χ2v) is 8.36. The summed E-state index contributed by atoms with van der Waals surface area (Å²) < 4.78 is 7.78. The maximum atomic E-state index is 13.3. The molecule has 162 valence electrons. The number of carbonyl (C=O) groups excluding carboxylic acids is 1. The SMILES string of the molecule is COc1c2c(n(Cc3ccccc3Cl)c1N1CCC[C@@H](N)C1)C(=O)N(C)C(O)N2C. The van der Waals surface area contributed by atoms with Gasteiger partial charge in [0.2, 0.25) is 6.35 Å². The average molecular weight is 434 g/mol. The van der Waals surface area contributed by atoms with Crippen LogP contribution in [-0.4, -0.2) is 67.2 Å². The molecule has 2 atom stereocenters. The first-order chi connectivity index (χ1) is 14.3. The van der Waals surface area contributed by atoms with Crippen molar-refractivity contribution in [1.29, 1.82) is 0 Å². The topological polar surface area (TPSA) is 87.2 Å². The highest BCUT2D eigenvalue weighted by molar-refractivity contribution is 6.31. The molecule has 0 radical (unpaired) electrons. The van der Waals surface area contributed by atoms with Gasteiger partial charge in [0.1, 0.15) is 11.4 Å². The van der Waals surface area contributed by atoms with Crippen LogP contribution in [-0.2, 0) is 6.54 Å². The number of methoxy groups -OCH3 is 1. The second-order valence-electron chi connectivity index (χ2n) is 7.95. The van der Waals surface area contributed by atoms with Crippen molar-refractivity contribution in [3.8, 4) is 5.75 Å². The van der Waals surface area contributed by atoms with Gasteiger partial charge in [-0.3, -0.25) is 9.69 Å². The number of aromatic nitrogens is 1. The van der Waals surface area contributed by atoms with Gasteiger partial charge in [-0.25, -0.2) is 0 Å². The van der Waals surface area contributed by atoms with Crippen LogP contribution in [0.15, 0.2) is 24.3 Å². The normalized spacial score (nSPS) is 21.8. The predicted molar refractivity (Wildman–Crippen MR) is 117 cm³/mol. The Bertz CT molecular complexity index is 962. The van der Waals surface area contributed by atoms with Gasteiger partial charge in [0.15, 0.2) is 11.6 Å². The number of amides is 1. The number of nitrogens with zero attached hydrogens (tertiary/aromatic N) is 4. The molecule has 3 heterocycles.